The van der Waals surface area contributed by atoms with E-state index in [0.717, 1.165) is 17.5 Å². The first-order valence-electron chi connectivity index (χ1n) is 5.50. The van der Waals surface area contributed by atoms with Gasteiger partial charge in [0.2, 0.25) is 0 Å². The lowest BCUT2D eigenvalue weighted by molar-refractivity contribution is 0.965. The third-order valence-corrected chi connectivity index (χ3v) is 2.84. The van der Waals surface area contributed by atoms with Crippen LogP contribution in [0.5, 0.6) is 0 Å². The van der Waals surface area contributed by atoms with Gasteiger partial charge in [0.1, 0.15) is 0 Å². The minimum absolute atomic E-state index is 0.804. The minimum atomic E-state index is 0.804. The summed E-state index contributed by atoms with van der Waals surface area (Å²) in [5.41, 5.74) is 3.79. The lowest BCUT2D eigenvalue weighted by Gasteiger charge is -2.08. The topological polar surface area (TPSA) is 12.9 Å². The van der Waals surface area contributed by atoms with Gasteiger partial charge < -0.3 is 0 Å². The molecule has 74 valence electrons. The summed E-state index contributed by atoms with van der Waals surface area (Å²) in [6.45, 7) is 6.05. The fourth-order valence-electron chi connectivity index (χ4n) is 2.03. The van der Waals surface area contributed by atoms with E-state index >= 15 is 0 Å². The van der Waals surface area contributed by atoms with Crippen molar-refractivity contribution in [3.8, 4) is 0 Å². The van der Waals surface area contributed by atoms with Crippen molar-refractivity contribution in [1.82, 2.24) is 4.98 Å². The van der Waals surface area contributed by atoms with Gasteiger partial charge in [0.15, 0.2) is 0 Å². The van der Waals surface area contributed by atoms with E-state index in [0.29, 0.717) is 0 Å². The van der Waals surface area contributed by atoms with Gasteiger partial charge in [-0.2, -0.15) is 0 Å². The average molecular weight is 187 g/mol. The van der Waals surface area contributed by atoms with Crippen LogP contribution in [0, 0.1) is 12.8 Å². The van der Waals surface area contributed by atoms with Crippen LogP contribution >= 0.6 is 0 Å². The number of pyridine rings is 1. The van der Waals surface area contributed by atoms with Crippen molar-refractivity contribution in [3.05, 3.63) is 35.2 Å². The first kappa shape index (κ1) is 9.45. The van der Waals surface area contributed by atoms with E-state index in [4.69, 9.17) is 0 Å². The Kier molecular flexibility index (Phi) is 2.40. The Balaban J connectivity index is 0.000000354. The normalized spacial score (nSPS) is 25.6. The molecular formula is C13H17N. The fraction of sp³-hybridized carbons (Fsp3) is 0.462. The van der Waals surface area contributed by atoms with Crippen LogP contribution in [0.15, 0.2) is 18.2 Å². The molecule has 1 nitrogen and oxygen atoms in total. The highest BCUT2D eigenvalue weighted by Crippen LogP contribution is 2.52. The molecule has 2 aliphatic carbocycles. The van der Waals surface area contributed by atoms with Crippen molar-refractivity contribution in [2.75, 3.05) is 0 Å². The van der Waals surface area contributed by atoms with Gasteiger partial charge in [-0.1, -0.05) is 26.0 Å². The van der Waals surface area contributed by atoms with E-state index in [9.17, 15) is 0 Å². The quantitative estimate of drug-likeness (QED) is 0.605. The van der Waals surface area contributed by atoms with Gasteiger partial charge in [-0.3, -0.25) is 4.98 Å². The molecule has 2 atom stereocenters. The molecule has 0 radical (unpaired) electrons. The largest absolute Gasteiger partial charge is 0.253 e. The van der Waals surface area contributed by atoms with Crippen LogP contribution in [0.1, 0.15) is 43.1 Å². The van der Waals surface area contributed by atoms with Crippen molar-refractivity contribution in [3.63, 3.8) is 0 Å². The molecule has 1 heteroatoms. The third kappa shape index (κ3) is 1.47. The maximum atomic E-state index is 4.50. The number of hydrogen-bond acceptors (Lipinski definition) is 1. The van der Waals surface area contributed by atoms with Gasteiger partial charge in [-0.25, -0.2) is 0 Å². The van der Waals surface area contributed by atoms with Crippen molar-refractivity contribution in [1.29, 1.82) is 0 Å². The molecule has 14 heavy (non-hydrogen) atoms. The second-order valence-electron chi connectivity index (χ2n) is 3.79. The SMILES string of the molecule is CC.Cc1ccc2c(n1)C=CC1CC21. The molecule has 0 N–H and O–H groups in total. The molecule has 0 saturated heterocycles. The molecule has 0 aromatic carbocycles. The second kappa shape index (κ2) is 3.56. The first-order chi connectivity index (χ1) is 6.84. The molecule has 0 amide bonds. The van der Waals surface area contributed by atoms with Gasteiger partial charge in [-0.15, -0.1) is 0 Å². The highest BCUT2D eigenvalue weighted by Gasteiger charge is 2.39. The Morgan fingerprint density at radius 2 is 2.07 bits per heavy atom. The van der Waals surface area contributed by atoms with Gasteiger partial charge in [0.05, 0.1) is 5.69 Å². The molecular weight excluding hydrogens is 170 g/mol. The Labute approximate surface area is 85.9 Å². The molecule has 2 unspecified atom stereocenters. The standard InChI is InChI=1S/C11H11N.C2H6/c1-7-2-4-9-10-6-8(10)3-5-11(9)12-7;1-2/h2-5,8,10H,6H2,1H3;1-2H3. The molecule has 0 aliphatic heterocycles. The molecule has 3 rings (SSSR count). The molecule has 2 aliphatic rings. The number of allylic oxidation sites excluding steroid dienone is 1. The molecule has 1 heterocycles. The number of hydrogen-bond donors (Lipinski definition) is 0. The van der Waals surface area contributed by atoms with E-state index in [2.05, 4.69) is 29.3 Å². The van der Waals surface area contributed by atoms with Gasteiger partial charge >= 0.3 is 0 Å². The van der Waals surface area contributed by atoms with E-state index in [1.807, 2.05) is 20.8 Å². The van der Waals surface area contributed by atoms with Crippen LogP contribution in [0.4, 0.5) is 0 Å². The average Bonchev–Trinajstić information content (AvgIpc) is 2.99. The Hall–Kier alpha value is -1.11. The molecule has 0 spiro atoms. The highest BCUT2D eigenvalue weighted by atomic mass is 14.7. The number of nitrogens with zero attached hydrogens (tertiary/aromatic N) is 1. The summed E-state index contributed by atoms with van der Waals surface area (Å²) in [5.74, 6) is 1.64. The van der Waals surface area contributed by atoms with Crippen LogP contribution in [0.25, 0.3) is 6.08 Å². The molecule has 1 aromatic rings. The van der Waals surface area contributed by atoms with Crippen molar-refractivity contribution >= 4 is 6.08 Å². The Morgan fingerprint density at radius 3 is 2.86 bits per heavy atom. The Morgan fingerprint density at radius 1 is 1.29 bits per heavy atom. The van der Waals surface area contributed by atoms with E-state index in [-0.39, 0.29) is 0 Å². The molecule has 1 fully saturated rings. The highest BCUT2D eigenvalue weighted by molar-refractivity contribution is 5.57. The predicted octanol–water partition coefficient (Wildman–Crippen LogP) is 3.55. The van der Waals surface area contributed by atoms with Crippen LogP contribution in [0.2, 0.25) is 0 Å². The van der Waals surface area contributed by atoms with Gasteiger partial charge in [0.25, 0.3) is 0 Å². The van der Waals surface area contributed by atoms with E-state index in [1.54, 1.807) is 0 Å². The summed E-state index contributed by atoms with van der Waals surface area (Å²) in [4.78, 5) is 4.50. The van der Waals surface area contributed by atoms with Crippen molar-refractivity contribution < 1.29 is 0 Å². The smallest absolute Gasteiger partial charge is 0.0664 e. The van der Waals surface area contributed by atoms with Crippen molar-refractivity contribution in [2.24, 2.45) is 5.92 Å². The molecule has 1 aromatic heterocycles. The summed E-state index contributed by atoms with van der Waals surface area (Å²) in [6, 6.07) is 4.36. The van der Waals surface area contributed by atoms with Crippen molar-refractivity contribution in [2.45, 2.75) is 33.1 Å². The zero-order chi connectivity index (χ0) is 10.1. The van der Waals surface area contributed by atoms with Crippen LogP contribution in [-0.2, 0) is 0 Å². The summed E-state index contributed by atoms with van der Waals surface area (Å²) >= 11 is 0. The lowest BCUT2D eigenvalue weighted by atomic mass is 10.0. The van der Waals surface area contributed by atoms with E-state index < -0.39 is 0 Å². The lowest BCUT2D eigenvalue weighted by Crippen LogP contribution is -1.96. The molecule has 0 bridgehead atoms. The van der Waals surface area contributed by atoms with Crippen LogP contribution < -0.4 is 0 Å². The summed E-state index contributed by atoms with van der Waals surface area (Å²) in [6.07, 6.45) is 5.82. The van der Waals surface area contributed by atoms with Gasteiger partial charge in [-0.05, 0) is 42.9 Å². The zero-order valence-corrected chi connectivity index (χ0v) is 9.12. The first-order valence-corrected chi connectivity index (χ1v) is 5.50. The van der Waals surface area contributed by atoms with E-state index in [1.165, 1.54) is 17.7 Å². The Bertz CT molecular complexity index is 365. The van der Waals surface area contributed by atoms with Crippen LogP contribution in [-0.4, -0.2) is 4.98 Å². The minimum Gasteiger partial charge on any atom is -0.253 e. The van der Waals surface area contributed by atoms with Crippen LogP contribution in [0.3, 0.4) is 0 Å². The maximum Gasteiger partial charge on any atom is 0.0664 e. The monoisotopic (exact) mass is 187 g/mol. The number of fused-ring (bicyclic) bond motifs is 3. The summed E-state index contributed by atoms with van der Waals surface area (Å²) in [7, 11) is 0. The zero-order valence-electron chi connectivity index (χ0n) is 9.12. The number of aromatic nitrogens is 1. The third-order valence-electron chi connectivity index (χ3n) is 2.84. The summed E-state index contributed by atoms with van der Waals surface area (Å²) < 4.78 is 0. The fourth-order valence-corrected chi connectivity index (χ4v) is 2.03. The molecule has 1 saturated carbocycles. The summed E-state index contributed by atoms with van der Waals surface area (Å²) in [5, 5.41) is 0. The number of aryl methyl sites for hydroxylation is 1. The van der Waals surface area contributed by atoms with Gasteiger partial charge in [0, 0.05) is 5.69 Å². The second-order valence-corrected chi connectivity index (χ2v) is 3.79. The number of rotatable bonds is 0. The maximum absolute atomic E-state index is 4.50. The predicted molar refractivity (Wildman–Crippen MR) is 60.2 cm³/mol.